The molecule has 0 heterocycles. The second-order valence-electron chi connectivity index (χ2n) is 12.5. The van der Waals surface area contributed by atoms with Crippen LogP contribution in [0.2, 0.25) is 0 Å². The smallest absolute Gasteiger partial charge is 0.0462 e. The molecule has 1 heteroatoms. The van der Waals surface area contributed by atoms with E-state index >= 15 is 0 Å². The van der Waals surface area contributed by atoms with Crippen LogP contribution >= 0.6 is 0 Å². The van der Waals surface area contributed by atoms with Crippen LogP contribution in [-0.4, -0.2) is 0 Å². The summed E-state index contributed by atoms with van der Waals surface area (Å²) in [7, 11) is 0. The molecule has 0 saturated carbocycles. The van der Waals surface area contributed by atoms with Gasteiger partial charge in [0.25, 0.3) is 0 Å². The molecule has 0 spiro atoms. The molecular weight excluding hydrogens is 579 g/mol. The van der Waals surface area contributed by atoms with Gasteiger partial charge in [0.2, 0.25) is 0 Å². The first-order valence-electron chi connectivity index (χ1n) is 16.8. The fraction of sp³-hybridized carbons (Fsp3) is 0.149. The molecule has 240 valence electrons. The fourth-order valence-electron chi connectivity index (χ4n) is 6.25. The molecule has 1 nitrogen and oxygen atoms in total. The van der Waals surface area contributed by atoms with Gasteiger partial charge >= 0.3 is 0 Å². The lowest BCUT2D eigenvalue weighted by atomic mass is 9.93. The molecule has 0 bridgehead atoms. The van der Waals surface area contributed by atoms with Gasteiger partial charge in [-0.3, -0.25) is 0 Å². The Bertz CT molecular complexity index is 1960. The molecule has 5 aromatic rings. The van der Waals surface area contributed by atoms with Crippen molar-refractivity contribution in [2.45, 2.75) is 48.0 Å². The maximum Gasteiger partial charge on any atom is 0.0462 e. The minimum Gasteiger partial charge on any atom is -0.311 e. The van der Waals surface area contributed by atoms with Crippen LogP contribution in [0.1, 0.15) is 49.9 Å². The van der Waals surface area contributed by atoms with Gasteiger partial charge in [-0.15, -0.1) is 0 Å². The highest BCUT2D eigenvalue weighted by atomic mass is 15.1. The second-order valence-corrected chi connectivity index (χ2v) is 12.5. The lowest BCUT2D eigenvalue weighted by Gasteiger charge is -2.26. The minimum absolute atomic E-state index is 0.893. The Labute approximate surface area is 288 Å². The summed E-state index contributed by atoms with van der Waals surface area (Å²) in [4.78, 5) is 2.34. The number of allylic oxidation sites excluding steroid dienone is 9. The van der Waals surface area contributed by atoms with Crippen LogP contribution in [-0.2, 0) is 6.42 Å². The zero-order chi connectivity index (χ0) is 34.0. The predicted octanol–water partition coefficient (Wildman–Crippen LogP) is 13.7. The van der Waals surface area contributed by atoms with Crippen molar-refractivity contribution in [2.24, 2.45) is 0 Å². The molecule has 0 saturated heterocycles. The van der Waals surface area contributed by atoms with E-state index in [4.69, 9.17) is 0 Å². The van der Waals surface area contributed by atoms with Gasteiger partial charge in [-0.1, -0.05) is 133 Å². The molecule has 0 atom stereocenters. The number of hydrogen-bond donors (Lipinski definition) is 0. The molecule has 0 N–H and O–H groups in total. The van der Waals surface area contributed by atoms with Crippen LogP contribution < -0.4 is 4.90 Å². The summed E-state index contributed by atoms with van der Waals surface area (Å²) in [6.07, 6.45) is 13.9. The SMILES string of the molecule is C=C(C)/C=C(C)\C=C/Cc1cc(-c2ccc(N(c3ccc(C(/C=C\C)=C/C)cc3)c3ccc(-c4ccccc4)cc3)cc2)c(C)cc1C. The third-order valence-corrected chi connectivity index (χ3v) is 8.66. The molecule has 0 aliphatic rings. The maximum atomic E-state index is 4.00. The van der Waals surface area contributed by atoms with Crippen molar-refractivity contribution < 1.29 is 0 Å². The normalized spacial score (nSPS) is 12.2. The van der Waals surface area contributed by atoms with Crippen molar-refractivity contribution in [3.63, 3.8) is 0 Å². The number of anilines is 3. The summed E-state index contributed by atoms with van der Waals surface area (Å²) in [5, 5.41) is 0. The number of aryl methyl sites for hydroxylation is 2. The van der Waals surface area contributed by atoms with Gasteiger partial charge in [-0.2, -0.15) is 0 Å². The van der Waals surface area contributed by atoms with E-state index in [-0.39, 0.29) is 0 Å². The van der Waals surface area contributed by atoms with E-state index in [0.29, 0.717) is 0 Å². The van der Waals surface area contributed by atoms with Crippen LogP contribution in [0.25, 0.3) is 27.8 Å². The zero-order valence-electron chi connectivity index (χ0n) is 29.3. The molecule has 5 aromatic carbocycles. The third-order valence-electron chi connectivity index (χ3n) is 8.66. The Morgan fingerprint density at radius 2 is 1.21 bits per heavy atom. The van der Waals surface area contributed by atoms with Crippen LogP contribution in [0.4, 0.5) is 17.1 Å². The molecular formula is C47H47N. The first-order valence-corrected chi connectivity index (χ1v) is 16.8. The lowest BCUT2D eigenvalue weighted by molar-refractivity contribution is 1.19. The number of benzene rings is 5. The van der Waals surface area contributed by atoms with Crippen LogP contribution in [0.5, 0.6) is 0 Å². The molecule has 0 aliphatic carbocycles. The molecule has 0 fully saturated rings. The Kier molecular flexibility index (Phi) is 11.3. The quantitative estimate of drug-likeness (QED) is 0.132. The van der Waals surface area contributed by atoms with Crippen molar-refractivity contribution in [1.29, 1.82) is 0 Å². The van der Waals surface area contributed by atoms with Gasteiger partial charge in [0.05, 0.1) is 0 Å². The number of nitrogens with zero attached hydrogens (tertiary/aromatic N) is 1. The van der Waals surface area contributed by atoms with Gasteiger partial charge in [0.1, 0.15) is 0 Å². The molecule has 0 aliphatic heterocycles. The van der Waals surface area contributed by atoms with Crippen molar-refractivity contribution in [2.75, 3.05) is 4.90 Å². The molecule has 0 aromatic heterocycles. The molecule has 0 radical (unpaired) electrons. The van der Waals surface area contributed by atoms with Crippen LogP contribution in [0.3, 0.4) is 0 Å². The predicted molar refractivity (Wildman–Crippen MR) is 211 cm³/mol. The Morgan fingerprint density at radius 3 is 1.77 bits per heavy atom. The molecule has 5 rings (SSSR count). The maximum absolute atomic E-state index is 4.00. The van der Waals surface area contributed by atoms with Gasteiger partial charge in [0.15, 0.2) is 0 Å². The summed E-state index contributed by atoms with van der Waals surface area (Å²) in [6.45, 7) is 16.7. The largest absolute Gasteiger partial charge is 0.311 e. The summed E-state index contributed by atoms with van der Waals surface area (Å²) in [5.74, 6) is 0. The van der Waals surface area contributed by atoms with Crippen LogP contribution in [0, 0.1) is 13.8 Å². The molecule has 48 heavy (non-hydrogen) atoms. The molecule has 0 unspecified atom stereocenters. The minimum atomic E-state index is 0.893. The number of hydrogen-bond acceptors (Lipinski definition) is 1. The van der Waals surface area contributed by atoms with Crippen molar-refractivity contribution in [1.82, 2.24) is 0 Å². The highest BCUT2D eigenvalue weighted by molar-refractivity contribution is 5.82. The van der Waals surface area contributed by atoms with Gasteiger partial charge in [-0.25, -0.2) is 0 Å². The Hall–Kier alpha value is -5.40. The lowest BCUT2D eigenvalue weighted by Crippen LogP contribution is -2.10. The average molecular weight is 626 g/mol. The highest BCUT2D eigenvalue weighted by Gasteiger charge is 2.15. The standard InChI is InChI=1S/C47H47N/c1-8-14-38(9-2)40-19-25-44(26-20-40)48(45-27-21-41(22-28-45)39-16-11-10-12-17-39)46-29-23-42(24-30-46)47-33-43(36(6)32-37(47)7)18-13-15-35(5)31-34(3)4/h8-17,19-33H,3,18H2,1-2,4-7H3/b14-8-,15-13-,35-31-,38-9+. The number of rotatable bonds is 11. The van der Waals surface area contributed by atoms with E-state index in [1.54, 1.807) is 0 Å². The second kappa shape index (κ2) is 15.9. The summed E-state index contributed by atoms with van der Waals surface area (Å²) in [5.41, 5.74) is 16.9. The van der Waals surface area contributed by atoms with E-state index in [1.165, 1.54) is 55.7 Å². The first kappa shape index (κ1) is 33.9. The van der Waals surface area contributed by atoms with E-state index in [9.17, 15) is 0 Å². The topological polar surface area (TPSA) is 3.24 Å². The van der Waals surface area contributed by atoms with E-state index < -0.39 is 0 Å². The monoisotopic (exact) mass is 625 g/mol. The van der Waals surface area contributed by atoms with Crippen molar-refractivity contribution in [3.05, 3.63) is 192 Å². The van der Waals surface area contributed by atoms with E-state index in [0.717, 1.165) is 29.1 Å². The highest BCUT2D eigenvalue weighted by Crippen LogP contribution is 2.38. The zero-order valence-corrected chi connectivity index (χ0v) is 29.3. The van der Waals surface area contributed by atoms with Gasteiger partial charge in [-0.05, 0) is 134 Å². The van der Waals surface area contributed by atoms with Gasteiger partial charge in [0, 0.05) is 17.1 Å². The Morgan fingerprint density at radius 1 is 0.646 bits per heavy atom. The average Bonchev–Trinajstić information content (AvgIpc) is 3.09. The van der Waals surface area contributed by atoms with Crippen molar-refractivity contribution in [3.8, 4) is 22.3 Å². The molecule has 0 amide bonds. The van der Waals surface area contributed by atoms with Crippen molar-refractivity contribution >= 4 is 22.6 Å². The fourth-order valence-corrected chi connectivity index (χ4v) is 6.25. The van der Waals surface area contributed by atoms with Crippen LogP contribution in [0.15, 0.2) is 169 Å². The van der Waals surface area contributed by atoms with Gasteiger partial charge < -0.3 is 4.90 Å². The summed E-state index contributed by atoms with van der Waals surface area (Å²) in [6, 6.07) is 42.0. The third kappa shape index (κ3) is 8.30. The van der Waals surface area contributed by atoms with E-state index in [1.807, 2.05) is 6.92 Å². The summed E-state index contributed by atoms with van der Waals surface area (Å²) < 4.78 is 0. The van der Waals surface area contributed by atoms with E-state index in [2.05, 4.69) is 198 Å². The first-order chi connectivity index (χ1) is 23.3. The summed E-state index contributed by atoms with van der Waals surface area (Å²) >= 11 is 0. The Balaban J connectivity index is 1.50.